The zero-order valence-corrected chi connectivity index (χ0v) is 17.2. The summed E-state index contributed by atoms with van der Waals surface area (Å²) in [4.78, 5) is 21.0. The number of nitrogens with one attached hydrogen (secondary N) is 1. The predicted molar refractivity (Wildman–Crippen MR) is 116 cm³/mol. The van der Waals surface area contributed by atoms with Crippen molar-refractivity contribution in [1.82, 2.24) is 15.1 Å². The predicted octanol–water partition coefficient (Wildman–Crippen LogP) is 3.33. The van der Waals surface area contributed by atoms with E-state index in [4.69, 9.17) is 4.99 Å². The summed E-state index contributed by atoms with van der Waals surface area (Å²) in [7, 11) is 0. The number of aliphatic imine (C=N–C) groups is 1. The maximum absolute atomic E-state index is 11.8. The molecule has 0 saturated carbocycles. The molecule has 2 aliphatic heterocycles. The third kappa shape index (κ3) is 4.78. The van der Waals surface area contributed by atoms with Crippen molar-refractivity contribution in [3.8, 4) is 0 Å². The van der Waals surface area contributed by atoms with Gasteiger partial charge in [0.05, 0.1) is 6.54 Å². The number of hydrogen-bond acceptors (Lipinski definition) is 2. The smallest absolute Gasteiger partial charge is 0.222 e. The summed E-state index contributed by atoms with van der Waals surface area (Å²) in [5, 5.41) is 3.45. The zero-order valence-electron chi connectivity index (χ0n) is 17.2. The van der Waals surface area contributed by atoms with Gasteiger partial charge in [-0.2, -0.15) is 0 Å². The van der Waals surface area contributed by atoms with Crippen LogP contribution < -0.4 is 5.32 Å². The lowest BCUT2D eigenvalue weighted by Crippen LogP contribution is -2.44. The number of nitrogens with zero attached hydrogens (tertiary/aromatic N) is 3. The van der Waals surface area contributed by atoms with Gasteiger partial charge in [0, 0.05) is 39.1 Å². The Morgan fingerprint density at radius 3 is 2.48 bits per heavy atom. The Bertz CT molecular complexity index is 875. The molecule has 2 aromatic carbocycles. The van der Waals surface area contributed by atoms with Crippen molar-refractivity contribution in [2.45, 2.75) is 45.8 Å². The van der Waals surface area contributed by atoms with E-state index < -0.39 is 0 Å². The molecule has 0 radical (unpaired) electrons. The summed E-state index contributed by atoms with van der Waals surface area (Å²) in [5.41, 5.74) is 5.22. The van der Waals surface area contributed by atoms with Crippen molar-refractivity contribution in [2.24, 2.45) is 4.99 Å². The van der Waals surface area contributed by atoms with Gasteiger partial charge >= 0.3 is 0 Å². The van der Waals surface area contributed by atoms with E-state index in [9.17, 15) is 4.79 Å². The summed E-state index contributed by atoms with van der Waals surface area (Å²) in [6.07, 6.45) is 2.74. The average molecular weight is 391 g/mol. The van der Waals surface area contributed by atoms with Gasteiger partial charge in [0.1, 0.15) is 0 Å². The van der Waals surface area contributed by atoms with E-state index in [0.717, 1.165) is 51.5 Å². The molecule has 0 aliphatic carbocycles. The minimum absolute atomic E-state index is 0.275. The maximum Gasteiger partial charge on any atom is 0.222 e. The minimum atomic E-state index is 0.275. The number of rotatable bonds is 5. The summed E-state index contributed by atoms with van der Waals surface area (Å²) >= 11 is 0. The molecule has 4 rings (SSSR count). The normalized spacial score (nSPS) is 16.9. The number of likely N-dealkylation sites (tertiary alicyclic amines) is 1. The average Bonchev–Trinajstić information content (AvgIpc) is 3.16. The quantitative estimate of drug-likeness (QED) is 0.629. The van der Waals surface area contributed by atoms with Gasteiger partial charge in [0.25, 0.3) is 0 Å². The van der Waals surface area contributed by atoms with Gasteiger partial charge in [0.2, 0.25) is 5.91 Å². The summed E-state index contributed by atoms with van der Waals surface area (Å²) in [6, 6.07) is 17.2. The Hall–Kier alpha value is -2.82. The Labute approximate surface area is 173 Å². The standard InChI is InChI=1S/C24H30N4O/c1-2-25-24(28-15-13-21-6-3-4-7-22(21)18-28)26-16-19-9-11-20(12-10-19)17-27-14-5-8-23(27)29/h3-4,6-7,9-12H,2,5,8,13-18H2,1H3,(H,25,26). The third-order valence-corrected chi connectivity index (χ3v) is 5.74. The van der Waals surface area contributed by atoms with Crippen molar-refractivity contribution in [3.63, 3.8) is 0 Å². The molecule has 152 valence electrons. The fraction of sp³-hybridized carbons (Fsp3) is 0.417. The lowest BCUT2D eigenvalue weighted by Gasteiger charge is -2.31. The highest BCUT2D eigenvalue weighted by Crippen LogP contribution is 2.19. The Balaban J connectivity index is 1.40. The van der Waals surface area contributed by atoms with Gasteiger partial charge in [-0.1, -0.05) is 48.5 Å². The van der Waals surface area contributed by atoms with E-state index >= 15 is 0 Å². The van der Waals surface area contributed by atoms with Crippen LogP contribution in [0.25, 0.3) is 0 Å². The third-order valence-electron chi connectivity index (χ3n) is 5.74. The van der Waals surface area contributed by atoms with Crippen molar-refractivity contribution in [2.75, 3.05) is 19.6 Å². The minimum Gasteiger partial charge on any atom is -0.356 e. The monoisotopic (exact) mass is 390 g/mol. The number of guanidine groups is 1. The van der Waals surface area contributed by atoms with E-state index in [0.29, 0.717) is 13.0 Å². The van der Waals surface area contributed by atoms with Crippen LogP contribution in [0.15, 0.2) is 53.5 Å². The zero-order chi connectivity index (χ0) is 20.1. The molecule has 1 fully saturated rings. The van der Waals surface area contributed by atoms with Crippen LogP contribution in [0, 0.1) is 0 Å². The molecule has 5 nitrogen and oxygen atoms in total. The molecule has 0 bridgehead atoms. The topological polar surface area (TPSA) is 47.9 Å². The van der Waals surface area contributed by atoms with Gasteiger partial charge in [-0.05, 0) is 42.0 Å². The molecule has 29 heavy (non-hydrogen) atoms. The molecular formula is C24H30N4O. The lowest BCUT2D eigenvalue weighted by molar-refractivity contribution is -0.128. The number of benzene rings is 2. The van der Waals surface area contributed by atoms with Gasteiger partial charge in [-0.15, -0.1) is 0 Å². The van der Waals surface area contributed by atoms with Crippen molar-refractivity contribution >= 4 is 11.9 Å². The number of hydrogen-bond donors (Lipinski definition) is 1. The highest BCUT2D eigenvalue weighted by molar-refractivity contribution is 5.80. The van der Waals surface area contributed by atoms with Gasteiger partial charge in [0.15, 0.2) is 5.96 Å². The highest BCUT2D eigenvalue weighted by atomic mass is 16.2. The van der Waals surface area contributed by atoms with Crippen molar-refractivity contribution in [3.05, 3.63) is 70.8 Å². The van der Waals surface area contributed by atoms with Crippen LogP contribution in [-0.4, -0.2) is 41.3 Å². The number of amides is 1. The first-order chi connectivity index (χ1) is 14.2. The van der Waals surface area contributed by atoms with Gasteiger partial charge < -0.3 is 15.1 Å². The molecule has 1 amide bonds. The largest absolute Gasteiger partial charge is 0.356 e. The van der Waals surface area contributed by atoms with Crippen LogP contribution in [0.4, 0.5) is 0 Å². The molecule has 5 heteroatoms. The SMILES string of the molecule is CCNC(=NCc1ccc(CN2CCCC2=O)cc1)N1CCc2ccccc2C1. The summed E-state index contributed by atoms with van der Waals surface area (Å²) in [5.74, 6) is 1.26. The van der Waals surface area contributed by atoms with Crippen LogP contribution in [0.2, 0.25) is 0 Å². The molecular weight excluding hydrogens is 360 g/mol. The highest BCUT2D eigenvalue weighted by Gasteiger charge is 2.20. The molecule has 0 unspecified atom stereocenters. The van der Waals surface area contributed by atoms with E-state index in [-0.39, 0.29) is 5.91 Å². The maximum atomic E-state index is 11.8. The van der Waals surface area contributed by atoms with Crippen molar-refractivity contribution in [1.29, 1.82) is 0 Å². The Kier molecular flexibility index (Phi) is 6.13. The molecule has 1 N–H and O–H groups in total. The van der Waals surface area contributed by atoms with E-state index in [2.05, 4.69) is 65.7 Å². The lowest BCUT2D eigenvalue weighted by atomic mass is 10.0. The van der Waals surface area contributed by atoms with E-state index in [1.54, 1.807) is 0 Å². The van der Waals surface area contributed by atoms with Crippen LogP contribution in [-0.2, 0) is 30.8 Å². The molecule has 0 atom stereocenters. The van der Waals surface area contributed by atoms with Gasteiger partial charge in [-0.3, -0.25) is 4.79 Å². The van der Waals surface area contributed by atoms with Crippen LogP contribution in [0.3, 0.4) is 0 Å². The second kappa shape index (κ2) is 9.12. The van der Waals surface area contributed by atoms with E-state index in [1.807, 2.05) is 4.90 Å². The summed E-state index contributed by atoms with van der Waals surface area (Å²) in [6.45, 7) is 7.13. The number of carbonyl (C=O) groups is 1. The van der Waals surface area contributed by atoms with Crippen LogP contribution in [0.5, 0.6) is 0 Å². The Morgan fingerprint density at radius 2 is 1.76 bits per heavy atom. The second-order valence-corrected chi connectivity index (χ2v) is 7.85. The first-order valence-electron chi connectivity index (χ1n) is 10.7. The number of fused-ring (bicyclic) bond motifs is 1. The molecule has 1 saturated heterocycles. The molecule has 0 spiro atoms. The van der Waals surface area contributed by atoms with Crippen LogP contribution in [0.1, 0.15) is 42.0 Å². The molecule has 2 aliphatic rings. The van der Waals surface area contributed by atoms with E-state index in [1.165, 1.54) is 22.3 Å². The number of carbonyl (C=O) groups excluding carboxylic acids is 1. The van der Waals surface area contributed by atoms with Crippen molar-refractivity contribution < 1.29 is 4.79 Å². The van der Waals surface area contributed by atoms with Gasteiger partial charge in [-0.25, -0.2) is 4.99 Å². The Morgan fingerprint density at radius 1 is 1.00 bits per heavy atom. The van der Waals surface area contributed by atoms with Crippen LogP contribution >= 0.6 is 0 Å². The summed E-state index contributed by atoms with van der Waals surface area (Å²) < 4.78 is 0. The molecule has 2 heterocycles. The fourth-order valence-corrected chi connectivity index (χ4v) is 4.11. The first-order valence-corrected chi connectivity index (χ1v) is 10.7. The second-order valence-electron chi connectivity index (χ2n) is 7.85. The fourth-order valence-electron chi connectivity index (χ4n) is 4.11. The molecule has 2 aromatic rings. The first kappa shape index (κ1) is 19.5. The molecule has 0 aromatic heterocycles.